The maximum absolute atomic E-state index is 12.4. The molecule has 2 aliphatic rings. The van der Waals surface area contributed by atoms with Gasteiger partial charge in [-0.3, -0.25) is 9.69 Å². The zero-order chi connectivity index (χ0) is 28.2. The van der Waals surface area contributed by atoms with E-state index in [4.69, 9.17) is 15.2 Å². The lowest BCUT2D eigenvalue weighted by Gasteiger charge is -2.37. The maximum Gasteiger partial charge on any atom is 0.410 e. The summed E-state index contributed by atoms with van der Waals surface area (Å²) in [5.41, 5.74) is 11.2. The van der Waals surface area contributed by atoms with Crippen LogP contribution in [0.1, 0.15) is 62.0 Å². The molecule has 0 bridgehead atoms. The van der Waals surface area contributed by atoms with E-state index in [1.165, 1.54) is 5.56 Å². The van der Waals surface area contributed by atoms with Gasteiger partial charge >= 0.3 is 6.09 Å². The van der Waals surface area contributed by atoms with Crippen molar-refractivity contribution in [2.24, 2.45) is 5.73 Å². The maximum atomic E-state index is 12.4. The van der Waals surface area contributed by atoms with Crippen molar-refractivity contribution in [3.05, 3.63) is 53.1 Å². The molecule has 2 aliphatic heterocycles. The van der Waals surface area contributed by atoms with Gasteiger partial charge in [-0.2, -0.15) is 0 Å². The Morgan fingerprint density at radius 1 is 1.03 bits per heavy atom. The third-order valence-corrected chi connectivity index (χ3v) is 7.64. The molecule has 8 heteroatoms. The standard InChI is InChI=1S/C31H44N4O4/c1-6-35(26-11-17-38-18-12-26)28-20-25(19-27(22(28)2)29(32)36)24-9-7-23(8-10-24)21-33-13-15-34(16-14-33)30(37)39-31(3,4)5/h7-10,19-20,26H,6,11-18,21H2,1-5H3,(H2,32,36). The molecular weight excluding hydrogens is 492 g/mol. The second kappa shape index (κ2) is 12.4. The first-order valence-corrected chi connectivity index (χ1v) is 14.1. The van der Waals surface area contributed by atoms with Gasteiger partial charge in [0.2, 0.25) is 5.91 Å². The summed E-state index contributed by atoms with van der Waals surface area (Å²) >= 11 is 0. The number of carbonyl (C=O) groups is 2. The average Bonchev–Trinajstić information content (AvgIpc) is 2.90. The largest absolute Gasteiger partial charge is 0.444 e. The van der Waals surface area contributed by atoms with E-state index in [0.717, 1.165) is 74.6 Å². The molecule has 0 unspecified atom stereocenters. The van der Waals surface area contributed by atoms with Crippen molar-refractivity contribution in [1.29, 1.82) is 0 Å². The summed E-state index contributed by atoms with van der Waals surface area (Å²) in [5, 5.41) is 0. The van der Waals surface area contributed by atoms with Crippen molar-refractivity contribution >= 4 is 17.7 Å². The van der Waals surface area contributed by atoms with Crippen molar-refractivity contribution in [2.45, 2.75) is 65.6 Å². The Labute approximate surface area is 233 Å². The topological polar surface area (TPSA) is 88.3 Å². The predicted molar refractivity (Wildman–Crippen MR) is 155 cm³/mol. The summed E-state index contributed by atoms with van der Waals surface area (Å²) in [7, 11) is 0. The van der Waals surface area contributed by atoms with Crippen molar-refractivity contribution in [1.82, 2.24) is 9.80 Å². The van der Waals surface area contributed by atoms with Crippen molar-refractivity contribution in [3.8, 4) is 11.1 Å². The Balaban J connectivity index is 1.47. The molecule has 0 aliphatic carbocycles. The summed E-state index contributed by atoms with van der Waals surface area (Å²) in [6.07, 6.45) is 1.71. The quantitative estimate of drug-likeness (QED) is 0.546. The van der Waals surface area contributed by atoms with Gasteiger partial charge in [-0.15, -0.1) is 0 Å². The number of benzene rings is 2. The third-order valence-electron chi connectivity index (χ3n) is 7.64. The highest BCUT2D eigenvalue weighted by Gasteiger charge is 2.26. The number of rotatable bonds is 7. The van der Waals surface area contributed by atoms with Gasteiger partial charge in [-0.05, 0) is 81.8 Å². The molecule has 2 aromatic carbocycles. The molecular formula is C31H44N4O4. The Morgan fingerprint density at radius 3 is 2.23 bits per heavy atom. The van der Waals surface area contributed by atoms with Crippen LogP contribution in [0.3, 0.4) is 0 Å². The average molecular weight is 537 g/mol. The van der Waals surface area contributed by atoms with Crippen LogP contribution in [0.15, 0.2) is 36.4 Å². The number of ether oxygens (including phenoxy) is 2. The molecule has 39 heavy (non-hydrogen) atoms. The van der Waals surface area contributed by atoms with E-state index in [-0.39, 0.29) is 6.09 Å². The molecule has 0 saturated carbocycles. The number of hydrogen-bond acceptors (Lipinski definition) is 6. The number of carbonyl (C=O) groups excluding carboxylic acids is 2. The number of nitrogens with two attached hydrogens (primary N) is 1. The van der Waals surface area contributed by atoms with Gasteiger partial charge in [0.15, 0.2) is 0 Å². The van der Waals surface area contributed by atoms with Crippen molar-refractivity contribution in [3.63, 3.8) is 0 Å². The minimum atomic E-state index is -0.480. The monoisotopic (exact) mass is 536 g/mol. The smallest absolute Gasteiger partial charge is 0.410 e. The van der Waals surface area contributed by atoms with Gasteiger partial charge in [-0.1, -0.05) is 24.3 Å². The summed E-state index contributed by atoms with van der Waals surface area (Å²) in [4.78, 5) is 31.3. The molecule has 2 aromatic rings. The summed E-state index contributed by atoms with van der Waals surface area (Å²) in [6.45, 7) is 16.0. The first kappa shape index (κ1) is 28.9. The van der Waals surface area contributed by atoms with Crippen LogP contribution in [0.5, 0.6) is 0 Å². The van der Waals surface area contributed by atoms with Crippen molar-refractivity contribution in [2.75, 3.05) is 50.8 Å². The minimum absolute atomic E-state index is 0.238. The fourth-order valence-electron chi connectivity index (χ4n) is 5.52. The molecule has 0 aromatic heterocycles. The first-order valence-electron chi connectivity index (χ1n) is 14.1. The third kappa shape index (κ3) is 7.31. The van der Waals surface area contributed by atoms with Crippen molar-refractivity contribution < 1.29 is 19.1 Å². The number of amides is 2. The fraction of sp³-hybridized carbons (Fsp3) is 0.548. The molecule has 2 fully saturated rings. The van der Waals surface area contributed by atoms with E-state index >= 15 is 0 Å². The normalized spacial score (nSPS) is 17.2. The highest BCUT2D eigenvalue weighted by atomic mass is 16.6. The van der Waals surface area contributed by atoms with E-state index in [2.05, 4.69) is 47.1 Å². The van der Waals surface area contributed by atoms with Crippen LogP contribution in [-0.2, 0) is 16.0 Å². The van der Waals surface area contributed by atoms with Gasteiger partial charge in [0, 0.05) is 69.8 Å². The van der Waals surface area contributed by atoms with Crippen LogP contribution in [0.4, 0.5) is 10.5 Å². The second-order valence-electron chi connectivity index (χ2n) is 11.6. The zero-order valence-corrected chi connectivity index (χ0v) is 24.2. The van der Waals surface area contributed by atoms with Crippen LogP contribution in [-0.4, -0.2) is 79.4 Å². The van der Waals surface area contributed by atoms with Gasteiger partial charge < -0.3 is 25.0 Å². The molecule has 8 nitrogen and oxygen atoms in total. The highest BCUT2D eigenvalue weighted by molar-refractivity contribution is 5.97. The molecule has 2 N–H and O–H groups in total. The van der Waals surface area contributed by atoms with Crippen LogP contribution in [0.25, 0.3) is 11.1 Å². The Hall–Kier alpha value is -3.10. The number of nitrogens with zero attached hydrogens (tertiary/aromatic N) is 3. The van der Waals surface area contributed by atoms with E-state index in [0.29, 0.717) is 24.7 Å². The summed E-state index contributed by atoms with van der Waals surface area (Å²) in [5.74, 6) is -0.402. The van der Waals surface area contributed by atoms with Gasteiger partial charge in [0.25, 0.3) is 0 Å². The zero-order valence-electron chi connectivity index (χ0n) is 24.2. The number of hydrogen-bond donors (Lipinski definition) is 1. The van der Waals surface area contributed by atoms with Crippen LogP contribution in [0, 0.1) is 6.92 Å². The predicted octanol–water partition coefficient (Wildman–Crippen LogP) is 4.82. The molecule has 0 spiro atoms. The van der Waals surface area contributed by atoms with E-state index < -0.39 is 11.5 Å². The lowest BCUT2D eigenvalue weighted by molar-refractivity contribution is 0.0139. The van der Waals surface area contributed by atoms with Crippen LogP contribution >= 0.6 is 0 Å². The molecule has 0 atom stereocenters. The molecule has 2 saturated heterocycles. The van der Waals surface area contributed by atoms with Crippen LogP contribution in [0.2, 0.25) is 0 Å². The lowest BCUT2D eigenvalue weighted by Crippen LogP contribution is -2.49. The van der Waals surface area contributed by atoms with E-state index in [1.54, 1.807) is 4.90 Å². The number of piperazine rings is 1. The first-order chi connectivity index (χ1) is 18.6. The molecule has 212 valence electrons. The molecule has 0 radical (unpaired) electrons. The summed E-state index contributed by atoms with van der Waals surface area (Å²) < 4.78 is 11.1. The van der Waals surface area contributed by atoms with Gasteiger partial charge in [0.1, 0.15) is 5.60 Å². The Morgan fingerprint density at radius 2 is 1.67 bits per heavy atom. The summed E-state index contributed by atoms with van der Waals surface area (Å²) in [6, 6.07) is 13.0. The lowest BCUT2D eigenvalue weighted by atomic mass is 9.95. The number of anilines is 1. The van der Waals surface area contributed by atoms with E-state index in [9.17, 15) is 9.59 Å². The highest BCUT2D eigenvalue weighted by Crippen LogP contribution is 2.34. The minimum Gasteiger partial charge on any atom is -0.444 e. The van der Waals surface area contributed by atoms with Gasteiger partial charge in [0.05, 0.1) is 0 Å². The molecule has 2 heterocycles. The van der Waals surface area contributed by atoms with E-state index in [1.807, 2.05) is 33.8 Å². The SMILES string of the molecule is CCN(c1cc(-c2ccc(CN3CCN(C(=O)OC(C)(C)C)CC3)cc2)cc(C(N)=O)c1C)C1CCOCC1. The fourth-order valence-corrected chi connectivity index (χ4v) is 5.52. The Kier molecular flexibility index (Phi) is 9.18. The molecule has 4 rings (SSSR count). The van der Waals surface area contributed by atoms with Crippen LogP contribution < -0.4 is 10.6 Å². The second-order valence-corrected chi connectivity index (χ2v) is 11.6. The number of primary amides is 1. The Bertz CT molecular complexity index is 1140. The molecule has 2 amide bonds. The van der Waals surface area contributed by atoms with Gasteiger partial charge in [-0.25, -0.2) is 4.79 Å².